The van der Waals surface area contributed by atoms with Crippen molar-refractivity contribution in [3.63, 3.8) is 0 Å². The lowest BCUT2D eigenvalue weighted by molar-refractivity contribution is 0.0950. The van der Waals surface area contributed by atoms with Gasteiger partial charge >= 0.3 is 0 Å². The van der Waals surface area contributed by atoms with Gasteiger partial charge in [-0.05, 0) is 31.9 Å². The maximum Gasteiger partial charge on any atom is 0.271 e. The number of rotatable bonds is 5. The van der Waals surface area contributed by atoms with E-state index in [-0.39, 0.29) is 18.1 Å². The number of aliphatic hydroxyl groups is 1. The van der Waals surface area contributed by atoms with Crippen LogP contribution in [0.3, 0.4) is 0 Å². The molecule has 1 amide bonds. The van der Waals surface area contributed by atoms with E-state index in [0.29, 0.717) is 18.1 Å². The molecule has 1 aromatic rings. The summed E-state index contributed by atoms with van der Waals surface area (Å²) in [5.74, 6) is 0.361. The van der Waals surface area contributed by atoms with Crippen LogP contribution in [0.2, 0.25) is 0 Å². The first-order valence-electron chi connectivity index (χ1n) is 5.70. The number of nitrogens with zero attached hydrogens (tertiary/aromatic N) is 2. The Labute approximate surface area is 99.4 Å². The number of carbonyl (C=O) groups excluding carboxylic acids is 1. The van der Waals surface area contributed by atoms with Gasteiger partial charge in [0, 0.05) is 6.54 Å². The van der Waals surface area contributed by atoms with Gasteiger partial charge < -0.3 is 15.7 Å². The van der Waals surface area contributed by atoms with E-state index >= 15 is 0 Å². The summed E-state index contributed by atoms with van der Waals surface area (Å²) >= 11 is 0. The van der Waals surface area contributed by atoms with Gasteiger partial charge in [0.25, 0.3) is 5.91 Å². The molecule has 2 rings (SSSR count). The fourth-order valence-electron chi connectivity index (χ4n) is 1.52. The third-order valence-electron chi connectivity index (χ3n) is 2.78. The molecule has 1 aromatic heterocycles. The normalized spacial score (nSPS) is 16.4. The molecule has 0 aromatic carbocycles. The second-order valence-electron chi connectivity index (χ2n) is 4.23. The lowest BCUT2D eigenvalue weighted by atomic mass is 10.3. The van der Waals surface area contributed by atoms with Crippen molar-refractivity contribution >= 4 is 11.7 Å². The van der Waals surface area contributed by atoms with Crippen molar-refractivity contribution in [3.8, 4) is 0 Å². The van der Waals surface area contributed by atoms with Crippen LogP contribution in [0.1, 0.15) is 30.3 Å². The summed E-state index contributed by atoms with van der Waals surface area (Å²) in [6.45, 7) is 2.50. The van der Waals surface area contributed by atoms with Crippen molar-refractivity contribution in [2.75, 3.05) is 18.5 Å². The van der Waals surface area contributed by atoms with E-state index in [0.717, 1.165) is 12.8 Å². The molecule has 1 heterocycles. The molecule has 0 bridgehead atoms. The number of hydrogen-bond donors (Lipinski definition) is 3. The van der Waals surface area contributed by atoms with Crippen LogP contribution >= 0.6 is 0 Å². The number of anilines is 1. The quantitative estimate of drug-likeness (QED) is 0.678. The van der Waals surface area contributed by atoms with E-state index in [1.54, 1.807) is 12.1 Å². The summed E-state index contributed by atoms with van der Waals surface area (Å²) in [4.78, 5) is 11.4. The number of hydrogen-bond acceptors (Lipinski definition) is 5. The smallest absolute Gasteiger partial charge is 0.271 e. The molecule has 1 saturated carbocycles. The summed E-state index contributed by atoms with van der Waals surface area (Å²) in [5, 5.41) is 22.7. The maximum absolute atomic E-state index is 11.4. The van der Waals surface area contributed by atoms with E-state index in [9.17, 15) is 4.79 Å². The Morgan fingerprint density at radius 1 is 1.47 bits per heavy atom. The molecule has 1 fully saturated rings. The molecule has 1 aliphatic carbocycles. The Hall–Kier alpha value is -1.69. The number of carbonyl (C=O) groups is 1. The van der Waals surface area contributed by atoms with Gasteiger partial charge in [-0.2, -0.15) is 0 Å². The number of nitrogens with one attached hydrogen (secondary N) is 2. The topological polar surface area (TPSA) is 87.1 Å². The van der Waals surface area contributed by atoms with Gasteiger partial charge in [0.15, 0.2) is 5.69 Å². The molecule has 0 radical (unpaired) electrons. The Balaban J connectivity index is 2.00. The van der Waals surface area contributed by atoms with Crippen LogP contribution < -0.4 is 10.6 Å². The van der Waals surface area contributed by atoms with Crippen LogP contribution in [0.5, 0.6) is 0 Å². The van der Waals surface area contributed by atoms with Crippen LogP contribution in [0.15, 0.2) is 12.1 Å². The molecular formula is C11H16N4O2. The minimum Gasteiger partial charge on any atom is -0.394 e. The van der Waals surface area contributed by atoms with Crippen LogP contribution in [-0.4, -0.2) is 39.9 Å². The van der Waals surface area contributed by atoms with Gasteiger partial charge in [-0.1, -0.05) is 0 Å². The highest BCUT2D eigenvalue weighted by atomic mass is 16.3. The van der Waals surface area contributed by atoms with Crippen LogP contribution in [0.4, 0.5) is 5.82 Å². The molecule has 0 spiro atoms. The second kappa shape index (κ2) is 4.67. The molecule has 0 saturated heterocycles. The average molecular weight is 236 g/mol. The Morgan fingerprint density at radius 3 is 2.71 bits per heavy atom. The van der Waals surface area contributed by atoms with E-state index in [4.69, 9.17) is 5.11 Å². The zero-order chi connectivity index (χ0) is 12.3. The van der Waals surface area contributed by atoms with E-state index < -0.39 is 0 Å². The van der Waals surface area contributed by atoms with E-state index in [2.05, 4.69) is 20.8 Å². The highest BCUT2D eigenvalue weighted by Gasteiger charge is 2.42. The first-order valence-corrected chi connectivity index (χ1v) is 5.70. The third-order valence-corrected chi connectivity index (χ3v) is 2.78. The summed E-state index contributed by atoms with van der Waals surface area (Å²) in [6, 6.07) is 3.32. The standard InChI is InChI=1S/C11H16N4O2/c1-2-12-10(17)8-3-4-9(15-14-8)13-11(7-16)5-6-11/h3-4,16H,2,5-7H2,1H3,(H,12,17)(H,13,15). The van der Waals surface area contributed by atoms with Crippen molar-refractivity contribution in [3.05, 3.63) is 17.8 Å². The van der Waals surface area contributed by atoms with Gasteiger partial charge in [-0.3, -0.25) is 4.79 Å². The van der Waals surface area contributed by atoms with Crippen LogP contribution in [0.25, 0.3) is 0 Å². The summed E-state index contributed by atoms with van der Waals surface area (Å²) in [7, 11) is 0. The highest BCUT2D eigenvalue weighted by Crippen LogP contribution is 2.37. The van der Waals surface area contributed by atoms with Crippen molar-refractivity contribution < 1.29 is 9.90 Å². The minimum absolute atomic E-state index is 0.0900. The van der Waals surface area contributed by atoms with Gasteiger partial charge in [0.1, 0.15) is 5.82 Å². The fraction of sp³-hybridized carbons (Fsp3) is 0.545. The number of amides is 1. The van der Waals surface area contributed by atoms with Crippen molar-refractivity contribution in [2.24, 2.45) is 0 Å². The van der Waals surface area contributed by atoms with E-state index in [1.165, 1.54) is 0 Å². The first kappa shape index (κ1) is 11.8. The van der Waals surface area contributed by atoms with Gasteiger partial charge in [-0.25, -0.2) is 0 Å². The molecule has 0 aliphatic heterocycles. The lowest BCUT2D eigenvalue weighted by Crippen LogP contribution is -2.27. The summed E-state index contributed by atoms with van der Waals surface area (Å²) < 4.78 is 0. The molecule has 1 aliphatic rings. The zero-order valence-corrected chi connectivity index (χ0v) is 9.73. The average Bonchev–Trinajstić information content (AvgIpc) is 3.11. The van der Waals surface area contributed by atoms with Gasteiger partial charge in [0.2, 0.25) is 0 Å². The predicted octanol–water partition coefficient (Wildman–Crippen LogP) is 0.163. The van der Waals surface area contributed by atoms with Gasteiger partial charge in [-0.15, -0.1) is 10.2 Å². The fourth-order valence-corrected chi connectivity index (χ4v) is 1.52. The molecular weight excluding hydrogens is 220 g/mol. The molecule has 17 heavy (non-hydrogen) atoms. The molecule has 3 N–H and O–H groups in total. The monoisotopic (exact) mass is 236 g/mol. The Kier molecular flexibility index (Phi) is 3.23. The number of aliphatic hydroxyl groups excluding tert-OH is 1. The Morgan fingerprint density at radius 2 is 2.24 bits per heavy atom. The molecule has 92 valence electrons. The minimum atomic E-state index is -0.227. The zero-order valence-electron chi connectivity index (χ0n) is 9.73. The SMILES string of the molecule is CCNC(=O)c1ccc(NC2(CO)CC2)nn1. The summed E-state index contributed by atoms with van der Waals surface area (Å²) in [5.41, 5.74) is 0.0771. The second-order valence-corrected chi connectivity index (χ2v) is 4.23. The van der Waals surface area contributed by atoms with Crippen LogP contribution in [-0.2, 0) is 0 Å². The maximum atomic E-state index is 11.4. The first-order chi connectivity index (χ1) is 8.19. The van der Waals surface area contributed by atoms with Crippen molar-refractivity contribution in [1.82, 2.24) is 15.5 Å². The van der Waals surface area contributed by atoms with Crippen LogP contribution in [0, 0.1) is 0 Å². The van der Waals surface area contributed by atoms with E-state index in [1.807, 2.05) is 6.92 Å². The number of aromatic nitrogens is 2. The molecule has 0 unspecified atom stereocenters. The van der Waals surface area contributed by atoms with Gasteiger partial charge in [0.05, 0.1) is 12.1 Å². The van der Waals surface area contributed by atoms with Crippen molar-refractivity contribution in [2.45, 2.75) is 25.3 Å². The molecule has 6 nitrogen and oxygen atoms in total. The largest absolute Gasteiger partial charge is 0.394 e. The Bertz CT molecular complexity index is 400. The highest BCUT2D eigenvalue weighted by molar-refractivity contribution is 5.92. The molecule has 6 heteroatoms. The third kappa shape index (κ3) is 2.71. The molecule has 0 atom stereocenters. The van der Waals surface area contributed by atoms with Crippen molar-refractivity contribution in [1.29, 1.82) is 0 Å². The summed E-state index contributed by atoms with van der Waals surface area (Å²) in [6.07, 6.45) is 1.87. The predicted molar refractivity (Wildman–Crippen MR) is 62.7 cm³/mol. The lowest BCUT2D eigenvalue weighted by Gasteiger charge is -2.14.